The molecule has 1 heterocycles. The van der Waals surface area contributed by atoms with Gasteiger partial charge in [0.15, 0.2) is 11.9 Å². The van der Waals surface area contributed by atoms with Gasteiger partial charge in [-0.25, -0.2) is 4.79 Å². The zero-order valence-electron chi connectivity index (χ0n) is 19.9. The molecule has 3 aromatic rings. The minimum absolute atomic E-state index is 0.00166. The monoisotopic (exact) mass is 488 g/mol. The van der Waals surface area contributed by atoms with Gasteiger partial charge in [0.1, 0.15) is 5.75 Å². The van der Waals surface area contributed by atoms with Crippen LogP contribution >= 0.6 is 0 Å². The van der Waals surface area contributed by atoms with Crippen LogP contribution in [0, 0.1) is 6.92 Å². The van der Waals surface area contributed by atoms with Crippen LogP contribution in [0.1, 0.15) is 60.4 Å². The number of halogens is 3. The highest BCUT2D eigenvalue weighted by molar-refractivity contribution is 5.96. The van der Waals surface area contributed by atoms with Crippen molar-refractivity contribution in [3.8, 4) is 17.0 Å². The summed E-state index contributed by atoms with van der Waals surface area (Å²) in [6.07, 6.45) is -4.81. The van der Waals surface area contributed by atoms with Crippen molar-refractivity contribution in [1.29, 1.82) is 0 Å². The Morgan fingerprint density at radius 2 is 1.71 bits per heavy atom. The van der Waals surface area contributed by atoms with E-state index in [2.05, 4.69) is 5.10 Å². The summed E-state index contributed by atoms with van der Waals surface area (Å²) < 4.78 is 45.8. The van der Waals surface area contributed by atoms with E-state index in [1.54, 1.807) is 35.9 Å². The van der Waals surface area contributed by atoms with Gasteiger partial charge in [-0.05, 0) is 76.1 Å². The normalized spacial score (nSPS) is 12.6. The first-order chi connectivity index (χ1) is 16.4. The number of ketones is 1. The zero-order valence-corrected chi connectivity index (χ0v) is 19.9. The number of aliphatic carboxylic acids is 1. The zero-order chi connectivity index (χ0) is 25.9. The predicted octanol–water partition coefficient (Wildman–Crippen LogP) is 6.13. The van der Waals surface area contributed by atoms with Gasteiger partial charge in [0, 0.05) is 29.3 Å². The number of rotatable bonds is 9. The molecule has 0 saturated carbocycles. The SMILES string of the molecule is Cc1cc(C(=O)CCc2cc(-c3ccc(C(F)(F)F)cc3)nn2C(C)C)ccc1OC(C)C(=O)O. The van der Waals surface area contributed by atoms with Crippen LogP contribution in [0.2, 0.25) is 0 Å². The highest BCUT2D eigenvalue weighted by Crippen LogP contribution is 2.31. The number of hydrogen-bond acceptors (Lipinski definition) is 4. The van der Waals surface area contributed by atoms with Crippen LogP contribution in [0.3, 0.4) is 0 Å². The lowest BCUT2D eigenvalue weighted by Crippen LogP contribution is -2.23. The Bertz CT molecular complexity index is 1210. The van der Waals surface area contributed by atoms with Crippen molar-refractivity contribution in [3.05, 3.63) is 70.9 Å². The van der Waals surface area contributed by atoms with Crippen LogP contribution in [0.5, 0.6) is 5.75 Å². The first-order valence-corrected chi connectivity index (χ1v) is 11.2. The van der Waals surface area contributed by atoms with E-state index in [0.29, 0.717) is 34.6 Å². The summed E-state index contributed by atoms with van der Waals surface area (Å²) in [5.41, 5.74) is 2.32. The maximum absolute atomic E-state index is 12.9. The molecule has 0 spiro atoms. The molecule has 0 amide bonds. The predicted molar refractivity (Wildman–Crippen MR) is 125 cm³/mol. The van der Waals surface area contributed by atoms with Gasteiger partial charge >= 0.3 is 12.1 Å². The Morgan fingerprint density at radius 3 is 2.26 bits per heavy atom. The van der Waals surface area contributed by atoms with E-state index in [0.717, 1.165) is 17.8 Å². The molecule has 0 aliphatic carbocycles. The average molecular weight is 489 g/mol. The third-order valence-corrected chi connectivity index (χ3v) is 5.57. The molecule has 186 valence electrons. The van der Waals surface area contributed by atoms with Crippen LogP contribution in [-0.4, -0.2) is 32.7 Å². The number of aromatic nitrogens is 2. The van der Waals surface area contributed by atoms with Crippen LogP contribution < -0.4 is 4.74 Å². The van der Waals surface area contributed by atoms with Gasteiger partial charge in [0.25, 0.3) is 0 Å². The molecule has 35 heavy (non-hydrogen) atoms. The topological polar surface area (TPSA) is 81.4 Å². The highest BCUT2D eigenvalue weighted by atomic mass is 19.4. The third kappa shape index (κ3) is 6.29. The summed E-state index contributed by atoms with van der Waals surface area (Å²) in [5.74, 6) is -0.781. The van der Waals surface area contributed by atoms with Crippen molar-refractivity contribution in [2.45, 2.75) is 58.9 Å². The standard InChI is InChI=1S/C26H27F3N2O4/c1-15(2)31-21(14-22(30-31)18-5-8-20(9-6-18)26(27,28)29)10-11-23(32)19-7-12-24(16(3)13-19)35-17(4)25(33)34/h5-9,12-15,17H,10-11H2,1-4H3,(H,33,34). The molecule has 1 aromatic heterocycles. The number of ether oxygens (including phenoxy) is 1. The molecule has 9 heteroatoms. The molecule has 0 aliphatic heterocycles. The number of benzene rings is 2. The summed E-state index contributed by atoms with van der Waals surface area (Å²) >= 11 is 0. The lowest BCUT2D eigenvalue weighted by Gasteiger charge is -2.14. The van der Waals surface area contributed by atoms with Gasteiger partial charge < -0.3 is 9.84 Å². The third-order valence-electron chi connectivity index (χ3n) is 5.57. The fourth-order valence-electron chi connectivity index (χ4n) is 3.62. The van der Waals surface area contributed by atoms with Gasteiger partial charge in [-0.2, -0.15) is 18.3 Å². The Hall–Kier alpha value is -3.62. The van der Waals surface area contributed by atoms with Gasteiger partial charge in [0.05, 0.1) is 11.3 Å². The molecule has 3 rings (SSSR count). The van der Waals surface area contributed by atoms with E-state index < -0.39 is 23.8 Å². The Labute approximate surface area is 201 Å². The number of carboxylic acids is 1. The van der Waals surface area contributed by atoms with E-state index in [1.807, 2.05) is 13.8 Å². The number of alkyl halides is 3. The molecule has 1 unspecified atom stereocenters. The fraction of sp³-hybridized carbons (Fsp3) is 0.346. The van der Waals surface area contributed by atoms with E-state index in [1.165, 1.54) is 19.1 Å². The van der Waals surface area contributed by atoms with E-state index in [9.17, 15) is 22.8 Å². The van der Waals surface area contributed by atoms with Crippen molar-refractivity contribution in [3.63, 3.8) is 0 Å². The van der Waals surface area contributed by atoms with Crippen molar-refractivity contribution in [2.24, 2.45) is 0 Å². The Morgan fingerprint density at radius 1 is 1.06 bits per heavy atom. The molecule has 0 saturated heterocycles. The quantitative estimate of drug-likeness (QED) is 0.367. The number of aryl methyl sites for hydroxylation is 2. The summed E-state index contributed by atoms with van der Waals surface area (Å²) in [6, 6.07) is 11.5. The van der Waals surface area contributed by atoms with Gasteiger partial charge in [-0.3, -0.25) is 9.48 Å². The summed E-state index contributed by atoms with van der Waals surface area (Å²) in [6.45, 7) is 7.05. The lowest BCUT2D eigenvalue weighted by atomic mass is 10.0. The number of carbonyl (C=O) groups is 2. The molecule has 1 atom stereocenters. The van der Waals surface area contributed by atoms with Crippen LogP contribution in [-0.2, 0) is 17.4 Å². The molecule has 0 fully saturated rings. The Balaban J connectivity index is 1.74. The number of carboxylic acid groups (broad SMARTS) is 1. The van der Waals surface area contributed by atoms with E-state index in [-0.39, 0.29) is 18.2 Å². The summed E-state index contributed by atoms with van der Waals surface area (Å²) in [4.78, 5) is 23.8. The minimum atomic E-state index is -4.40. The lowest BCUT2D eigenvalue weighted by molar-refractivity contribution is -0.144. The largest absolute Gasteiger partial charge is 0.479 e. The number of carbonyl (C=O) groups excluding carboxylic acids is 1. The van der Waals surface area contributed by atoms with Crippen LogP contribution in [0.15, 0.2) is 48.5 Å². The molecule has 1 N–H and O–H groups in total. The van der Waals surface area contributed by atoms with Gasteiger partial charge in [-0.1, -0.05) is 12.1 Å². The second kappa shape index (κ2) is 10.3. The van der Waals surface area contributed by atoms with E-state index in [4.69, 9.17) is 9.84 Å². The fourth-order valence-corrected chi connectivity index (χ4v) is 3.62. The number of Topliss-reactive ketones (excluding diaryl/α,β-unsaturated/α-hetero) is 1. The first-order valence-electron chi connectivity index (χ1n) is 11.2. The minimum Gasteiger partial charge on any atom is -0.479 e. The highest BCUT2D eigenvalue weighted by Gasteiger charge is 2.30. The number of hydrogen-bond donors (Lipinski definition) is 1. The van der Waals surface area contributed by atoms with Crippen molar-refractivity contribution in [1.82, 2.24) is 9.78 Å². The smallest absolute Gasteiger partial charge is 0.416 e. The van der Waals surface area contributed by atoms with E-state index >= 15 is 0 Å². The molecular weight excluding hydrogens is 461 g/mol. The Kier molecular flexibility index (Phi) is 7.67. The van der Waals surface area contributed by atoms with Crippen molar-refractivity contribution < 1.29 is 32.6 Å². The average Bonchev–Trinajstić information content (AvgIpc) is 3.23. The molecule has 2 aromatic carbocycles. The van der Waals surface area contributed by atoms with Gasteiger partial charge in [0.2, 0.25) is 0 Å². The second-order valence-corrected chi connectivity index (χ2v) is 8.64. The molecule has 0 aliphatic rings. The number of nitrogens with zero attached hydrogens (tertiary/aromatic N) is 2. The van der Waals surface area contributed by atoms with Crippen LogP contribution in [0.4, 0.5) is 13.2 Å². The molecule has 0 bridgehead atoms. The van der Waals surface area contributed by atoms with Gasteiger partial charge in [-0.15, -0.1) is 0 Å². The van der Waals surface area contributed by atoms with Crippen molar-refractivity contribution >= 4 is 11.8 Å². The molecule has 6 nitrogen and oxygen atoms in total. The summed E-state index contributed by atoms with van der Waals surface area (Å²) in [5, 5.41) is 13.6. The van der Waals surface area contributed by atoms with Crippen molar-refractivity contribution in [2.75, 3.05) is 0 Å². The maximum atomic E-state index is 12.9. The molecular formula is C26H27F3N2O4. The molecule has 0 radical (unpaired) electrons. The second-order valence-electron chi connectivity index (χ2n) is 8.64. The van der Waals surface area contributed by atoms with Crippen LogP contribution in [0.25, 0.3) is 11.3 Å². The maximum Gasteiger partial charge on any atom is 0.416 e. The first kappa shape index (κ1) is 26.0. The summed E-state index contributed by atoms with van der Waals surface area (Å²) in [7, 11) is 0.